The minimum absolute atomic E-state index is 0.0890. The molecule has 162 valence electrons. The lowest BCUT2D eigenvalue weighted by Gasteiger charge is -2.33. The third-order valence-corrected chi connectivity index (χ3v) is 7.33. The number of nitrogen functional groups attached to an aromatic ring is 1. The second-order valence-corrected chi connectivity index (χ2v) is 9.64. The molecule has 31 heavy (non-hydrogen) atoms. The molecule has 3 aromatic heterocycles. The first-order chi connectivity index (χ1) is 15.0. The predicted molar refractivity (Wildman–Crippen MR) is 126 cm³/mol. The van der Waals surface area contributed by atoms with Crippen molar-refractivity contribution in [3.8, 4) is 0 Å². The number of rotatable bonds is 3. The molecule has 1 aliphatic carbocycles. The molecule has 4 N–H and O–H groups in total. The van der Waals surface area contributed by atoms with Crippen molar-refractivity contribution >= 4 is 39.0 Å². The SMILES string of the molecule is Cc1ccc2c(N)c(C(=O)N[C@H]3CCc4nc(N5CCN[C@@H](C)C5)ccc4C3)sc2n1. The molecule has 0 bridgehead atoms. The summed E-state index contributed by atoms with van der Waals surface area (Å²) in [6.07, 6.45) is 2.56. The maximum Gasteiger partial charge on any atom is 0.263 e. The highest BCUT2D eigenvalue weighted by Gasteiger charge is 2.25. The Bertz CT molecular complexity index is 1140. The molecule has 2 atom stereocenters. The second kappa shape index (κ2) is 8.09. The van der Waals surface area contributed by atoms with Crippen LogP contribution in [0.3, 0.4) is 0 Å². The molecule has 8 heteroatoms. The zero-order valence-corrected chi connectivity index (χ0v) is 18.8. The van der Waals surface area contributed by atoms with Crippen LogP contribution in [0.25, 0.3) is 10.2 Å². The Labute approximate surface area is 186 Å². The number of pyridine rings is 2. The first-order valence-electron chi connectivity index (χ1n) is 10.9. The highest BCUT2D eigenvalue weighted by molar-refractivity contribution is 7.21. The van der Waals surface area contributed by atoms with E-state index in [1.807, 2.05) is 19.1 Å². The average Bonchev–Trinajstić information content (AvgIpc) is 3.09. The fourth-order valence-corrected chi connectivity index (χ4v) is 5.59. The number of hydrogen-bond donors (Lipinski definition) is 3. The number of nitrogens with one attached hydrogen (secondary N) is 2. The quantitative estimate of drug-likeness (QED) is 0.584. The Morgan fingerprint density at radius 1 is 1.29 bits per heavy atom. The van der Waals surface area contributed by atoms with Gasteiger partial charge in [-0.1, -0.05) is 6.07 Å². The number of nitrogens with two attached hydrogens (primary N) is 1. The summed E-state index contributed by atoms with van der Waals surface area (Å²) in [6.45, 7) is 7.11. The van der Waals surface area contributed by atoms with Crippen molar-refractivity contribution in [2.75, 3.05) is 30.3 Å². The van der Waals surface area contributed by atoms with Crippen LogP contribution in [0, 0.1) is 6.92 Å². The molecule has 0 aromatic carbocycles. The van der Waals surface area contributed by atoms with Gasteiger partial charge < -0.3 is 21.3 Å². The summed E-state index contributed by atoms with van der Waals surface area (Å²) in [6, 6.07) is 8.74. The van der Waals surface area contributed by atoms with Gasteiger partial charge in [-0.3, -0.25) is 4.79 Å². The molecular weight excluding hydrogens is 408 g/mol. The number of anilines is 2. The molecule has 4 heterocycles. The molecule has 0 radical (unpaired) electrons. The van der Waals surface area contributed by atoms with Gasteiger partial charge in [0, 0.05) is 48.5 Å². The highest BCUT2D eigenvalue weighted by atomic mass is 32.1. The van der Waals surface area contributed by atoms with Crippen molar-refractivity contribution in [2.45, 2.75) is 45.2 Å². The summed E-state index contributed by atoms with van der Waals surface area (Å²) in [4.78, 5) is 26.1. The molecule has 5 rings (SSSR count). The summed E-state index contributed by atoms with van der Waals surface area (Å²) in [5, 5.41) is 7.52. The Kier molecular flexibility index (Phi) is 5.27. The van der Waals surface area contributed by atoms with Crippen molar-refractivity contribution in [2.24, 2.45) is 0 Å². The van der Waals surface area contributed by atoms with E-state index in [0.29, 0.717) is 16.6 Å². The number of aryl methyl sites for hydroxylation is 2. The number of piperazine rings is 1. The number of carbonyl (C=O) groups is 1. The van der Waals surface area contributed by atoms with Crippen LogP contribution >= 0.6 is 11.3 Å². The number of nitrogens with zero attached hydrogens (tertiary/aromatic N) is 3. The van der Waals surface area contributed by atoms with Crippen LogP contribution in [-0.2, 0) is 12.8 Å². The lowest BCUT2D eigenvalue weighted by atomic mass is 9.91. The summed E-state index contributed by atoms with van der Waals surface area (Å²) >= 11 is 1.37. The lowest BCUT2D eigenvalue weighted by molar-refractivity contribution is 0.0938. The van der Waals surface area contributed by atoms with Crippen LogP contribution in [0.5, 0.6) is 0 Å². The molecule has 0 unspecified atom stereocenters. The van der Waals surface area contributed by atoms with E-state index in [-0.39, 0.29) is 11.9 Å². The topological polar surface area (TPSA) is 96.2 Å². The summed E-state index contributed by atoms with van der Waals surface area (Å²) in [5.74, 6) is 0.960. The van der Waals surface area contributed by atoms with Crippen LogP contribution in [0.15, 0.2) is 24.3 Å². The van der Waals surface area contributed by atoms with Gasteiger partial charge in [0.05, 0.1) is 5.69 Å². The Morgan fingerprint density at radius 2 is 2.16 bits per heavy atom. The van der Waals surface area contributed by atoms with Crippen LogP contribution in [0.1, 0.15) is 40.0 Å². The second-order valence-electron chi connectivity index (χ2n) is 8.64. The maximum absolute atomic E-state index is 13.0. The number of aromatic nitrogens is 2. The zero-order valence-electron chi connectivity index (χ0n) is 17.9. The molecule has 7 nitrogen and oxygen atoms in total. The van der Waals surface area contributed by atoms with Crippen molar-refractivity contribution in [1.82, 2.24) is 20.6 Å². The van der Waals surface area contributed by atoms with Crippen LogP contribution in [0.2, 0.25) is 0 Å². The van der Waals surface area contributed by atoms with Gasteiger partial charge in [-0.15, -0.1) is 11.3 Å². The standard InChI is InChI=1S/C23H28N6OS/c1-13-3-6-17-20(24)21(31-23(17)26-13)22(30)27-16-5-7-18-15(11-16)4-8-19(28-18)29-10-9-25-14(2)12-29/h3-4,6,8,14,16,25H,5,7,9-12,24H2,1-2H3,(H,27,30)/t14-,16-/m0/s1. The third kappa shape index (κ3) is 3.97. The predicted octanol–water partition coefficient (Wildman–Crippen LogP) is 2.67. The van der Waals surface area contributed by atoms with E-state index >= 15 is 0 Å². The van der Waals surface area contributed by atoms with E-state index in [1.165, 1.54) is 16.9 Å². The van der Waals surface area contributed by atoms with E-state index in [9.17, 15) is 4.79 Å². The monoisotopic (exact) mass is 436 g/mol. The Balaban J connectivity index is 1.29. The first-order valence-corrected chi connectivity index (χ1v) is 11.7. The van der Waals surface area contributed by atoms with Crippen molar-refractivity contribution in [1.29, 1.82) is 0 Å². The fraction of sp³-hybridized carbons (Fsp3) is 0.435. The van der Waals surface area contributed by atoms with Gasteiger partial charge in [-0.2, -0.15) is 0 Å². The van der Waals surface area contributed by atoms with Gasteiger partial charge in [0.1, 0.15) is 15.5 Å². The average molecular weight is 437 g/mol. The Morgan fingerprint density at radius 3 is 3.00 bits per heavy atom. The van der Waals surface area contributed by atoms with Gasteiger partial charge in [-0.05, 0) is 56.9 Å². The molecule has 1 aliphatic heterocycles. The number of carbonyl (C=O) groups excluding carboxylic acids is 1. The number of fused-ring (bicyclic) bond motifs is 2. The maximum atomic E-state index is 13.0. The van der Waals surface area contributed by atoms with Gasteiger partial charge in [0.2, 0.25) is 0 Å². The molecule has 0 saturated carbocycles. The minimum atomic E-state index is -0.106. The molecule has 3 aromatic rings. The van der Waals surface area contributed by atoms with Crippen molar-refractivity contribution in [3.63, 3.8) is 0 Å². The van der Waals surface area contributed by atoms with Gasteiger partial charge in [0.15, 0.2) is 0 Å². The van der Waals surface area contributed by atoms with Crippen LogP contribution in [-0.4, -0.2) is 47.6 Å². The fourth-order valence-electron chi connectivity index (χ4n) is 4.55. The Hall–Kier alpha value is -2.71. The van der Waals surface area contributed by atoms with E-state index in [0.717, 1.165) is 66.3 Å². The van der Waals surface area contributed by atoms with Crippen molar-refractivity contribution < 1.29 is 4.79 Å². The number of amides is 1. The molecule has 1 fully saturated rings. The van der Waals surface area contributed by atoms with E-state index in [1.54, 1.807) is 0 Å². The normalized spacial score (nSPS) is 21.2. The third-order valence-electron chi connectivity index (χ3n) is 6.22. The minimum Gasteiger partial charge on any atom is -0.397 e. The molecule has 0 spiro atoms. The summed E-state index contributed by atoms with van der Waals surface area (Å²) in [5.41, 5.74) is 10.1. The van der Waals surface area contributed by atoms with Gasteiger partial charge in [0.25, 0.3) is 5.91 Å². The highest BCUT2D eigenvalue weighted by Crippen LogP contribution is 2.33. The van der Waals surface area contributed by atoms with E-state index < -0.39 is 0 Å². The lowest BCUT2D eigenvalue weighted by Crippen LogP contribution is -2.49. The van der Waals surface area contributed by atoms with Gasteiger partial charge >= 0.3 is 0 Å². The van der Waals surface area contributed by atoms with Gasteiger partial charge in [-0.25, -0.2) is 9.97 Å². The largest absolute Gasteiger partial charge is 0.397 e. The first kappa shape index (κ1) is 20.2. The molecule has 2 aliphatic rings. The van der Waals surface area contributed by atoms with E-state index in [4.69, 9.17) is 10.7 Å². The van der Waals surface area contributed by atoms with Crippen molar-refractivity contribution in [3.05, 3.63) is 46.1 Å². The summed E-state index contributed by atoms with van der Waals surface area (Å²) in [7, 11) is 0. The zero-order chi connectivity index (χ0) is 21.5. The smallest absolute Gasteiger partial charge is 0.263 e. The summed E-state index contributed by atoms with van der Waals surface area (Å²) < 4.78 is 0. The van der Waals surface area contributed by atoms with E-state index in [2.05, 4.69) is 39.6 Å². The van der Waals surface area contributed by atoms with Crippen LogP contribution in [0.4, 0.5) is 11.5 Å². The molecule has 1 amide bonds. The van der Waals surface area contributed by atoms with Crippen LogP contribution < -0.4 is 21.3 Å². The number of hydrogen-bond acceptors (Lipinski definition) is 7. The molecule has 1 saturated heterocycles. The molecular formula is C23H28N6OS. The number of thiophene rings is 1.